The first-order valence-corrected chi connectivity index (χ1v) is 8.63. The minimum atomic E-state index is 0.552. The van der Waals surface area contributed by atoms with E-state index in [4.69, 9.17) is 9.47 Å². The molecule has 1 saturated carbocycles. The summed E-state index contributed by atoms with van der Waals surface area (Å²) in [7, 11) is 1.71. The molecule has 1 aromatic rings. The Balaban J connectivity index is 1.69. The van der Waals surface area contributed by atoms with Crippen LogP contribution in [0.3, 0.4) is 0 Å². The average molecular weight is 297 g/mol. The van der Waals surface area contributed by atoms with Crippen LogP contribution in [0.15, 0.2) is 17.5 Å². The van der Waals surface area contributed by atoms with Crippen LogP contribution in [0.2, 0.25) is 0 Å². The maximum Gasteiger partial charge on any atom is 0.0700 e. The van der Waals surface area contributed by atoms with E-state index in [9.17, 15) is 0 Å². The predicted molar refractivity (Wildman–Crippen MR) is 84.3 cm³/mol. The molecule has 2 rings (SSSR count). The summed E-state index contributed by atoms with van der Waals surface area (Å²) in [5, 5.41) is 5.94. The van der Waals surface area contributed by atoms with Crippen molar-refractivity contribution in [2.24, 2.45) is 5.92 Å². The largest absolute Gasteiger partial charge is 0.382 e. The van der Waals surface area contributed by atoms with Crippen LogP contribution in [-0.4, -0.2) is 33.5 Å². The van der Waals surface area contributed by atoms with Gasteiger partial charge in [-0.15, -0.1) is 11.3 Å². The lowest BCUT2D eigenvalue weighted by Gasteiger charge is -2.24. The van der Waals surface area contributed by atoms with Gasteiger partial charge in [-0.1, -0.05) is 18.9 Å². The summed E-state index contributed by atoms with van der Waals surface area (Å²) >= 11 is 1.88. The Hall–Kier alpha value is -0.420. The minimum Gasteiger partial charge on any atom is -0.382 e. The van der Waals surface area contributed by atoms with Crippen LogP contribution in [0.4, 0.5) is 0 Å². The molecule has 0 saturated heterocycles. The molecule has 0 spiro atoms. The lowest BCUT2D eigenvalue weighted by molar-refractivity contribution is 0.0690. The van der Waals surface area contributed by atoms with Crippen molar-refractivity contribution >= 4 is 11.3 Å². The van der Waals surface area contributed by atoms with Crippen molar-refractivity contribution in [3.05, 3.63) is 22.4 Å². The van der Waals surface area contributed by atoms with Gasteiger partial charge in [-0.25, -0.2) is 0 Å². The molecule has 1 N–H and O–H groups in total. The monoisotopic (exact) mass is 297 g/mol. The zero-order valence-electron chi connectivity index (χ0n) is 12.5. The van der Waals surface area contributed by atoms with E-state index in [0.29, 0.717) is 19.3 Å². The lowest BCUT2D eigenvalue weighted by atomic mass is 9.96. The number of ether oxygens (including phenoxy) is 2. The summed E-state index contributed by atoms with van der Waals surface area (Å²) in [5.74, 6) is 0.822. The smallest absolute Gasteiger partial charge is 0.0700 e. The van der Waals surface area contributed by atoms with Crippen molar-refractivity contribution in [1.82, 2.24) is 5.32 Å². The van der Waals surface area contributed by atoms with Crippen LogP contribution >= 0.6 is 11.3 Å². The van der Waals surface area contributed by atoms with Gasteiger partial charge in [-0.2, -0.15) is 0 Å². The first-order chi connectivity index (χ1) is 9.92. The van der Waals surface area contributed by atoms with Gasteiger partial charge in [0, 0.05) is 24.6 Å². The third-order valence-electron chi connectivity index (χ3n) is 3.98. The lowest BCUT2D eigenvalue weighted by Crippen LogP contribution is -2.28. The molecular formula is C16H27NO2S. The molecule has 1 aromatic heterocycles. The van der Waals surface area contributed by atoms with Crippen molar-refractivity contribution < 1.29 is 9.47 Å². The molecule has 1 aliphatic rings. The van der Waals surface area contributed by atoms with Gasteiger partial charge in [-0.05, 0) is 43.2 Å². The molecule has 20 heavy (non-hydrogen) atoms. The van der Waals surface area contributed by atoms with Crippen molar-refractivity contribution in [2.75, 3.05) is 33.5 Å². The Kier molecular flexibility index (Phi) is 7.58. The van der Waals surface area contributed by atoms with Crippen molar-refractivity contribution in [1.29, 1.82) is 0 Å². The van der Waals surface area contributed by atoms with Gasteiger partial charge in [0.25, 0.3) is 0 Å². The van der Waals surface area contributed by atoms with Crippen molar-refractivity contribution in [3.63, 3.8) is 0 Å². The number of thiophene rings is 1. The van der Waals surface area contributed by atoms with Crippen LogP contribution in [0.1, 0.15) is 43.0 Å². The van der Waals surface area contributed by atoms with Gasteiger partial charge in [0.1, 0.15) is 0 Å². The highest BCUT2D eigenvalue weighted by Gasteiger charge is 2.26. The second kappa shape index (κ2) is 9.50. The van der Waals surface area contributed by atoms with Gasteiger partial charge in [0.15, 0.2) is 0 Å². The van der Waals surface area contributed by atoms with Crippen LogP contribution in [-0.2, 0) is 9.47 Å². The van der Waals surface area contributed by atoms with E-state index in [1.54, 1.807) is 7.11 Å². The maximum atomic E-state index is 5.51. The molecule has 0 radical (unpaired) electrons. The molecule has 0 aromatic carbocycles. The van der Waals surface area contributed by atoms with Gasteiger partial charge < -0.3 is 14.8 Å². The molecule has 1 unspecified atom stereocenters. The number of hydrogen-bond acceptors (Lipinski definition) is 4. The van der Waals surface area contributed by atoms with E-state index in [1.165, 1.54) is 30.6 Å². The Labute approximate surface area is 126 Å². The summed E-state index contributed by atoms with van der Waals surface area (Å²) in [6.07, 6.45) is 6.61. The van der Waals surface area contributed by atoms with Crippen LogP contribution in [0.5, 0.6) is 0 Å². The molecule has 114 valence electrons. The predicted octanol–water partition coefficient (Wildman–Crippen LogP) is 3.62. The van der Waals surface area contributed by atoms with E-state index in [1.807, 2.05) is 11.3 Å². The fraction of sp³-hybridized carbons (Fsp3) is 0.750. The van der Waals surface area contributed by atoms with Crippen LogP contribution in [0.25, 0.3) is 0 Å². The molecule has 3 nitrogen and oxygen atoms in total. The standard InChI is InChI=1S/C16H27NO2S/c1-18-11-12-19-10-5-9-17-16(14-6-2-3-7-14)15-8-4-13-20-15/h4,8,13-14,16-17H,2-3,5-7,9-12H2,1H3. The number of methoxy groups -OCH3 is 1. The highest BCUT2D eigenvalue weighted by molar-refractivity contribution is 7.10. The number of hydrogen-bond donors (Lipinski definition) is 1. The molecular weight excluding hydrogens is 270 g/mol. The van der Waals surface area contributed by atoms with E-state index in [2.05, 4.69) is 22.8 Å². The first kappa shape index (κ1) is 16.0. The summed E-state index contributed by atoms with van der Waals surface area (Å²) in [5.41, 5.74) is 0. The first-order valence-electron chi connectivity index (χ1n) is 7.75. The number of nitrogens with one attached hydrogen (secondary N) is 1. The summed E-state index contributed by atoms with van der Waals surface area (Å²) in [6, 6.07) is 4.99. The zero-order chi connectivity index (χ0) is 14.0. The quantitative estimate of drug-likeness (QED) is 0.669. The molecule has 0 bridgehead atoms. The Morgan fingerprint density at radius 1 is 1.30 bits per heavy atom. The normalized spacial score (nSPS) is 17.6. The summed E-state index contributed by atoms with van der Waals surface area (Å²) < 4.78 is 10.5. The molecule has 1 atom stereocenters. The van der Waals surface area contributed by atoms with E-state index in [-0.39, 0.29) is 0 Å². The average Bonchev–Trinajstić information content (AvgIpc) is 3.14. The minimum absolute atomic E-state index is 0.552. The SMILES string of the molecule is COCCOCCCNC(c1cccs1)C1CCCC1. The Morgan fingerprint density at radius 3 is 2.85 bits per heavy atom. The van der Waals surface area contributed by atoms with Gasteiger partial charge in [-0.3, -0.25) is 0 Å². The van der Waals surface area contributed by atoms with Crippen LogP contribution in [0, 0.1) is 5.92 Å². The van der Waals surface area contributed by atoms with Gasteiger partial charge in [0.2, 0.25) is 0 Å². The Bertz CT molecular complexity index is 336. The van der Waals surface area contributed by atoms with E-state index >= 15 is 0 Å². The van der Waals surface area contributed by atoms with Crippen molar-refractivity contribution in [3.8, 4) is 0 Å². The zero-order valence-corrected chi connectivity index (χ0v) is 13.3. The van der Waals surface area contributed by atoms with E-state index < -0.39 is 0 Å². The molecule has 1 aliphatic carbocycles. The van der Waals surface area contributed by atoms with Gasteiger partial charge in [0.05, 0.1) is 13.2 Å². The molecule has 4 heteroatoms. The third kappa shape index (κ3) is 5.17. The highest BCUT2D eigenvalue weighted by atomic mass is 32.1. The molecule has 0 aliphatic heterocycles. The molecule has 1 fully saturated rings. The topological polar surface area (TPSA) is 30.5 Å². The second-order valence-electron chi connectivity index (χ2n) is 5.45. The maximum absolute atomic E-state index is 5.51. The van der Waals surface area contributed by atoms with Crippen molar-refractivity contribution in [2.45, 2.75) is 38.1 Å². The molecule has 0 amide bonds. The fourth-order valence-electron chi connectivity index (χ4n) is 2.93. The fourth-order valence-corrected chi connectivity index (χ4v) is 3.83. The number of rotatable bonds is 10. The van der Waals surface area contributed by atoms with Gasteiger partial charge >= 0.3 is 0 Å². The summed E-state index contributed by atoms with van der Waals surface area (Å²) in [6.45, 7) is 3.24. The second-order valence-corrected chi connectivity index (χ2v) is 6.43. The van der Waals surface area contributed by atoms with E-state index in [0.717, 1.165) is 25.5 Å². The third-order valence-corrected chi connectivity index (χ3v) is 4.94. The van der Waals surface area contributed by atoms with Crippen LogP contribution < -0.4 is 5.32 Å². The summed E-state index contributed by atoms with van der Waals surface area (Å²) in [4.78, 5) is 1.50. The Morgan fingerprint density at radius 2 is 2.15 bits per heavy atom. The highest BCUT2D eigenvalue weighted by Crippen LogP contribution is 2.37. The molecule has 1 heterocycles.